The zero-order valence-corrected chi connectivity index (χ0v) is 13.5. The SMILES string of the molecule is CCc1c(C)c(OC(C)(C)C)c(CC)c(CC)c1O. The summed E-state index contributed by atoms with van der Waals surface area (Å²) in [6, 6.07) is 0. The van der Waals surface area contributed by atoms with E-state index in [1.807, 2.05) is 0 Å². The van der Waals surface area contributed by atoms with Crippen LogP contribution in [0.2, 0.25) is 0 Å². The maximum Gasteiger partial charge on any atom is 0.127 e. The van der Waals surface area contributed by atoms with E-state index in [1.54, 1.807) is 0 Å². The molecule has 0 fully saturated rings. The number of aromatic hydroxyl groups is 1. The van der Waals surface area contributed by atoms with Gasteiger partial charge in [0.2, 0.25) is 0 Å². The second-order valence-electron chi connectivity index (χ2n) is 6.01. The van der Waals surface area contributed by atoms with Crippen molar-refractivity contribution in [3.63, 3.8) is 0 Å². The second kappa shape index (κ2) is 5.85. The van der Waals surface area contributed by atoms with Gasteiger partial charge in [0.1, 0.15) is 17.1 Å². The van der Waals surface area contributed by atoms with Crippen LogP contribution in [0.15, 0.2) is 0 Å². The largest absolute Gasteiger partial charge is 0.507 e. The summed E-state index contributed by atoms with van der Waals surface area (Å²) in [4.78, 5) is 0. The molecule has 1 aromatic rings. The fraction of sp³-hybridized carbons (Fsp3) is 0.647. The Morgan fingerprint density at radius 2 is 1.37 bits per heavy atom. The fourth-order valence-electron chi connectivity index (χ4n) is 2.63. The molecule has 0 unspecified atom stereocenters. The fourth-order valence-corrected chi connectivity index (χ4v) is 2.63. The minimum Gasteiger partial charge on any atom is -0.507 e. The number of hydrogen-bond acceptors (Lipinski definition) is 2. The number of benzene rings is 1. The number of ether oxygens (including phenoxy) is 1. The molecule has 0 spiro atoms. The Kier molecular flexibility index (Phi) is 4.89. The molecule has 2 nitrogen and oxygen atoms in total. The van der Waals surface area contributed by atoms with Gasteiger partial charge in [0.05, 0.1) is 0 Å². The predicted octanol–water partition coefficient (Wildman–Crippen LogP) is 4.57. The summed E-state index contributed by atoms with van der Waals surface area (Å²) in [6.07, 6.45) is 2.55. The van der Waals surface area contributed by atoms with Crippen LogP contribution in [0.25, 0.3) is 0 Å². The molecule has 0 radical (unpaired) electrons. The number of phenolic OH excluding ortho intramolecular Hbond substituents is 1. The van der Waals surface area contributed by atoms with Gasteiger partial charge in [0, 0.05) is 16.7 Å². The van der Waals surface area contributed by atoms with Crippen molar-refractivity contribution < 1.29 is 9.84 Å². The molecule has 2 heteroatoms. The highest BCUT2D eigenvalue weighted by Gasteiger charge is 2.23. The molecule has 0 aromatic heterocycles. The topological polar surface area (TPSA) is 29.5 Å². The molecule has 19 heavy (non-hydrogen) atoms. The quantitative estimate of drug-likeness (QED) is 0.863. The van der Waals surface area contributed by atoms with Crippen LogP contribution in [-0.2, 0) is 19.3 Å². The van der Waals surface area contributed by atoms with Crippen LogP contribution < -0.4 is 4.74 Å². The second-order valence-corrected chi connectivity index (χ2v) is 6.01. The first-order valence-electron chi connectivity index (χ1n) is 7.31. The minimum atomic E-state index is -0.221. The van der Waals surface area contributed by atoms with Crippen LogP contribution in [0.4, 0.5) is 0 Å². The first kappa shape index (κ1) is 15.9. The summed E-state index contributed by atoms with van der Waals surface area (Å²) in [7, 11) is 0. The van der Waals surface area contributed by atoms with E-state index in [1.165, 1.54) is 0 Å². The van der Waals surface area contributed by atoms with Crippen molar-refractivity contribution in [1.82, 2.24) is 0 Å². The zero-order valence-electron chi connectivity index (χ0n) is 13.5. The van der Waals surface area contributed by atoms with Gasteiger partial charge in [0.15, 0.2) is 0 Å². The van der Waals surface area contributed by atoms with Crippen molar-refractivity contribution in [2.75, 3.05) is 0 Å². The molecule has 0 aliphatic heterocycles. The van der Waals surface area contributed by atoms with E-state index in [9.17, 15) is 5.11 Å². The van der Waals surface area contributed by atoms with Gasteiger partial charge < -0.3 is 9.84 Å². The normalized spacial score (nSPS) is 11.7. The lowest BCUT2D eigenvalue weighted by atomic mass is 9.91. The average Bonchev–Trinajstić information content (AvgIpc) is 2.31. The van der Waals surface area contributed by atoms with Crippen LogP contribution in [-0.4, -0.2) is 10.7 Å². The van der Waals surface area contributed by atoms with E-state index in [2.05, 4.69) is 48.5 Å². The molecule has 0 heterocycles. The average molecular weight is 264 g/mol. The molecule has 1 aromatic carbocycles. The van der Waals surface area contributed by atoms with Crippen LogP contribution in [0.1, 0.15) is 63.8 Å². The van der Waals surface area contributed by atoms with E-state index in [0.717, 1.165) is 47.3 Å². The summed E-state index contributed by atoms with van der Waals surface area (Å²) in [5, 5.41) is 10.4. The third kappa shape index (κ3) is 3.23. The van der Waals surface area contributed by atoms with Crippen molar-refractivity contribution in [3.05, 3.63) is 22.3 Å². The molecule has 0 saturated carbocycles. The monoisotopic (exact) mass is 264 g/mol. The van der Waals surface area contributed by atoms with Crippen LogP contribution in [0.5, 0.6) is 11.5 Å². The van der Waals surface area contributed by atoms with Crippen LogP contribution >= 0.6 is 0 Å². The minimum absolute atomic E-state index is 0.221. The lowest BCUT2D eigenvalue weighted by molar-refractivity contribution is 0.128. The highest BCUT2D eigenvalue weighted by atomic mass is 16.5. The van der Waals surface area contributed by atoms with Crippen molar-refractivity contribution in [2.45, 2.75) is 73.3 Å². The zero-order chi connectivity index (χ0) is 14.8. The van der Waals surface area contributed by atoms with Gasteiger partial charge >= 0.3 is 0 Å². The van der Waals surface area contributed by atoms with Crippen molar-refractivity contribution in [3.8, 4) is 11.5 Å². The lowest BCUT2D eigenvalue weighted by Crippen LogP contribution is -2.25. The molecule has 0 atom stereocenters. The van der Waals surface area contributed by atoms with Gasteiger partial charge in [0.25, 0.3) is 0 Å². The Hall–Kier alpha value is -1.18. The van der Waals surface area contributed by atoms with Crippen molar-refractivity contribution in [2.24, 2.45) is 0 Å². The lowest BCUT2D eigenvalue weighted by Gasteiger charge is -2.28. The smallest absolute Gasteiger partial charge is 0.127 e. The summed E-state index contributed by atoms with van der Waals surface area (Å²) in [5.41, 5.74) is 4.09. The Labute approximate surface area is 117 Å². The molecule has 0 bridgehead atoms. The van der Waals surface area contributed by atoms with E-state index >= 15 is 0 Å². The first-order chi connectivity index (χ1) is 8.76. The third-order valence-corrected chi connectivity index (χ3v) is 3.47. The maximum absolute atomic E-state index is 10.4. The highest BCUT2D eigenvalue weighted by molar-refractivity contribution is 5.58. The highest BCUT2D eigenvalue weighted by Crippen LogP contribution is 2.40. The van der Waals surface area contributed by atoms with E-state index in [-0.39, 0.29) is 5.60 Å². The molecular weight excluding hydrogens is 236 g/mol. The maximum atomic E-state index is 10.4. The third-order valence-electron chi connectivity index (χ3n) is 3.47. The number of hydrogen-bond donors (Lipinski definition) is 1. The number of phenols is 1. The first-order valence-corrected chi connectivity index (χ1v) is 7.31. The summed E-state index contributed by atoms with van der Waals surface area (Å²) in [6.45, 7) is 14.5. The molecule has 1 N–H and O–H groups in total. The van der Waals surface area contributed by atoms with Crippen LogP contribution in [0, 0.1) is 6.92 Å². The van der Waals surface area contributed by atoms with E-state index < -0.39 is 0 Å². The standard InChI is InChI=1S/C17H28O2/c1-8-12-11(4)16(19-17(5,6)7)14(10-3)13(9-2)15(12)18/h18H,8-10H2,1-7H3. The Morgan fingerprint density at radius 1 is 0.895 bits per heavy atom. The molecule has 108 valence electrons. The van der Waals surface area contributed by atoms with Crippen molar-refractivity contribution in [1.29, 1.82) is 0 Å². The summed E-state index contributed by atoms with van der Waals surface area (Å²) < 4.78 is 6.18. The van der Waals surface area contributed by atoms with E-state index in [0.29, 0.717) is 5.75 Å². The molecule has 0 saturated heterocycles. The van der Waals surface area contributed by atoms with Gasteiger partial charge in [-0.25, -0.2) is 0 Å². The Balaban J connectivity index is 3.58. The van der Waals surface area contributed by atoms with E-state index in [4.69, 9.17) is 4.74 Å². The molecule has 0 aliphatic rings. The summed E-state index contributed by atoms with van der Waals surface area (Å²) in [5.74, 6) is 1.45. The molecule has 0 aliphatic carbocycles. The van der Waals surface area contributed by atoms with Gasteiger partial charge in [-0.1, -0.05) is 20.8 Å². The van der Waals surface area contributed by atoms with Gasteiger partial charge in [-0.05, 0) is 52.5 Å². The molecule has 1 rings (SSSR count). The molecule has 0 amide bonds. The predicted molar refractivity (Wildman–Crippen MR) is 81.4 cm³/mol. The molecular formula is C17H28O2. The van der Waals surface area contributed by atoms with Gasteiger partial charge in [-0.3, -0.25) is 0 Å². The van der Waals surface area contributed by atoms with Crippen molar-refractivity contribution >= 4 is 0 Å². The summed E-state index contributed by atoms with van der Waals surface area (Å²) >= 11 is 0. The Morgan fingerprint density at radius 3 is 1.74 bits per heavy atom. The van der Waals surface area contributed by atoms with Gasteiger partial charge in [-0.15, -0.1) is 0 Å². The Bertz CT molecular complexity index is 454. The van der Waals surface area contributed by atoms with Crippen LogP contribution in [0.3, 0.4) is 0 Å². The van der Waals surface area contributed by atoms with Gasteiger partial charge in [-0.2, -0.15) is 0 Å². The number of rotatable bonds is 4.